The molecule has 0 bridgehead atoms. The predicted octanol–water partition coefficient (Wildman–Crippen LogP) is 1.04. The number of nitrogens with zero attached hydrogens (tertiary/aromatic N) is 4. The van der Waals surface area contributed by atoms with Crippen molar-refractivity contribution in [2.45, 2.75) is 18.4 Å². The van der Waals surface area contributed by atoms with Crippen LogP contribution >= 0.6 is 0 Å². The summed E-state index contributed by atoms with van der Waals surface area (Å²) in [5.41, 5.74) is -0.550. The number of hydrogen-bond donors (Lipinski definition) is 2. The lowest BCUT2D eigenvalue weighted by atomic mass is 9.87. The fourth-order valence-electron chi connectivity index (χ4n) is 3.03. The monoisotopic (exact) mass is 329 g/mol. The largest absolute Gasteiger partial charge is 0.479 e. The van der Waals surface area contributed by atoms with Crippen molar-refractivity contribution in [1.82, 2.24) is 19.7 Å². The lowest BCUT2D eigenvalue weighted by Crippen LogP contribution is -2.52. The molecule has 0 radical (unpaired) electrons. The third-order valence-electron chi connectivity index (χ3n) is 4.48. The molecule has 1 fully saturated rings. The summed E-state index contributed by atoms with van der Waals surface area (Å²) in [6.45, 7) is 0.727. The molecule has 2 aromatic rings. The van der Waals surface area contributed by atoms with Crippen molar-refractivity contribution in [2.24, 2.45) is 0 Å². The van der Waals surface area contributed by atoms with E-state index in [-0.39, 0.29) is 5.91 Å². The van der Waals surface area contributed by atoms with Gasteiger partial charge < -0.3 is 15.3 Å². The SMILES string of the molecule is CNc1cc(C(=O)N2CCC(C(=O)O)(n3cccn3)CC2)ccn1. The molecule has 1 aliphatic rings. The van der Waals surface area contributed by atoms with E-state index in [1.165, 1.54) is 4.68 Å². The summed E-state index contributed by atoms with van der Waals surface area (Å²) in [5, 5.41) is 16.7. The summed E-state index contributed by atoms with van der Waals surface area (Å²) >= 11 is 0. The number of hydrogen-bond acceptors (Lipinski definition) is 5. The van der Waals surface area contributed by atoms with Crippen LogP contribution < -0.4 is 5.32 Å². The fourth-order valence-corrected chi connectivity index (χ4v) is 3.03. The number of amides is 1. The Labute approximate surface area is 139 Å². The number of nitrogens with one attached hydrogen (secondary N) is 1. The van der Waals surface area contributed by atoms with Gasteiger partial charge in [-0.1, -0.05) is 0 Å². The van der Waals surface area contributed by atoms with Gasteiger partial charge in [-0.3, -0.25) is 9.48 Å². The number of carbonyl (C=O) groups excluding carboxylic acids is 1. The van der Waals surface area contributed by atoms with E-state index in [4.69, 9.17) is 0 Å². The normalized spacial score (nSPS) is 16.6. The zero-order valence-corrected chi connectivity index (χ0v) is 13.3. The number of piperidine rings is 1. The van der Waals surface area contributed by atoms with Gasteiger partial charge in [0.15, 0.2) is 5.54 Å². The molecule has 8 nitrogen and oxygen atoms in total. The minimum atomic E-state index is -1.09. The Hall–Kier alpha value is -2.90. The van der Waals surface area contributed by atoms with Gasteiger partial charge in [-0.25, -0.2) is 9.78 Å². The zero-order valence-electron chi connectivity index (χ0n) is 13.3. The molecule has 8 heteroatoms. The summed E-state index contributed by atoms with van der Waals surface area (Å²) < 4.78 is 1.49. The molecule has 1 saturated heterocycles. The lowest BCUT2D eigenvalue weighted by Gasteiger charge is -2.39. The van der Waals surface area contributed by atoms with Crippen molar-refractivity contribution in [1.29, 1.82) is 0 Å². The molecule has 24 heavy (non-hydrogen) atoms. The van der Waals surface area contributed by atoms with E-state index in [0.29, 0.717) is 37.3 Å². The molecule has 1 aliphatic heterocycles. The second kappa shape index (κ2) is 6.31. The summed E-state index contributed by atoms with van der Waals surface area (Å²) in [6, 6.07) is 5.06. The van der Waals surface area contributed by atoms with Gasteiger partial charge in [0.05, 0.1) is 0 Å². The van der Waals surface area contributed by atoms with Crippen LogP contribution in [-0.4, -0.2) is 56.8 Å². The zero-order chi connectivity index (χ0) is 17.2. The number of anilines is 1. The lowest BCUT2D eigenvalue weighted by molar-refractivity contribution is -0.150. The van der Waals surface area contributed by atoms with Gasteiger partial charge in [0, 0.05) is 57.1 Å². The Morgan fingerprint density at radius 1 is 1.29 bits per heavy atom. The van der Waals surface area contributed by atoms with Crippen molar-refractivity contribution in [3.8, 4) is 0 Å². The first-order valence-electron chi connectivity index (χ1n) is 7.73. The molecule has 2 aromatic heterocycles. The molecule has 0 aliphatic carbocycles. The molecule has 0 aromatic carbocycles. The van der Waals surface area contributed by atoms with Crippen molar-refractivity contribution in [2.75, 3.05) is 25.5 Å². The van der Waals surface area contributed by atoms with Gasteiger partial charge in [0.25, 0.3) is 5.91 Å². The van der Waals surface area contributed by atoms with Crippen LogP contribution in [-0.2, 0) is 10.3 Å². The van der Waals surface area contributed by atoms with Gasteiger partial charge in [0.2, 0.25) is 0 Å². The van der Waals surface area contributed by atoms with Crippen LogP contribution in [0, 0.1) is 0 Å². The summed E-state index contributed by atoms with van der Waals surface area (Å²) in [6.07, 6.45) is 5.44. The standard InChI is InChI=1S/C16H19N5O3/c1-17-13-11-12(3-7-18-13)14(22)20-9-4-16(5-10-20,15(23)24)21-8-2-6-19-21/h2-3,6-8,11H,4-5,9-10H2,1H3,(H,17,18)(H,23,24). The number of pyridine rings is 1. The average Bonchev–Trinajstić information content (AvgIpc) is 3.16. The Morgan fingerprint density at radius 3 is 2.62 bits per heavy atom. The van der Waals surface area contributed by atoms with Crippen molar-refractivity contribution in [3.63, 3.8) is 0 Å². The van der Waals surface area contributed by atoms with Gasteiger partial charge in [-0.2, -0.15) is 5.10 Å². The number of carbonyl (C=O) groups is 2. The van der Waals surface area contributed by atoms with E-state index >= 15 is 0 Å². The quantitative estimate of drug-likeness (QED) is 0.869. The first-order valence-corrected chi connectivity index (χ1v) is 7.73. The first-order chi connectivity index (χ1) is 11.6. The maximum absolute atomic E-state index is 12.6. The minimum absolute atomic E-state index is 0.117. The van der Waals surface area contributed by atoms with Gasteiger partial charge in [0.1, 0.15) is 5.82 Å². The Bertz CT molecular complexity index is 736. The van der Waals surface area contributed by atoms with Gasteiger partial charge >= 0.3 is 5.97 Å². The molecule has 0 spiro atoms. The van der Waals surface area contributed by atoms with Crippen LogP contribution in [0.25, 0.3) is 0 Å². The average molecular weight is 329 g/mol. The van der Waals surface area contributed by atoms with Crippen LogP contribution in [0.3, 0.4) is 0 Å². The summed E-state index contributed by atoms with van der Waals surface area (Å²) in [5.74, 6) is -0.415. The second-order valence-electron chi connectivity index (χ2n) is 5.76. The van der Waals surface area contributed by atoms with E-state index in [1.807, 2.05) is 0 Å². The third kappa shape index (κ3) is 2.70. The van der Waals surface area contributed by atoms with Crippen LogP contribution in [0.1, 0.15) is 23.2 Å². The Balaban J connectivity index is 1.76. The highest BCUT2D eigenvalue weighted by molar-refractivity contribution is 5.95. The maximum atomic E-state index is 12.6. The number of likely N-dealkylation sites (tertiary alicyclic amines) is 1. The van der Waals surface area contributed by atoms with Gasteiger partial charge in [-0.15, -0.1) is 0 Å². The van der Waals surface area contributed by atoms with Gasteiger partial charge in [-0.05, 0) is 18.2 Å². The summed E-state index contributed by atoms with van der Waals surface area (Å²) in [7, 11) is 1.74. The molecule has 0 unspecified atom stereocenters. The van der Waals surface area contributed by atoms with E-state index in [0.717, 1.165) is 0 Å². The predicted molar refractivity (Wildman–Crippen MR) is 86.8 cm³/mol. The number of aromatic nitrogens is 3. The molecule has 3 heterocycles. The number of rotatable bonds is 4. The van der Waals surface area contributed by atoms with E-state index in [1.54, 1.807) is 48.7 Å². The molecular weight excluding hydrogens is 310 g/mol. The summed E-state index contributed by atoms with van der Waals surface area (Å²) in [4.78, 5) is 30.2. The molecule has 1 amide bonds. The fraction of sp³-hybridized carbons (Fsp3) is 0.375. The van der Waals surface area contributed by atoms with E-state index in [2.05, 4.69) is 15.4 Å². The Morgan fingerprint density at radius 2 is 2.04 bits per heavy atom. The van der Waals surface area contributed by atoms with E-state index in [9.17, 15) is 14.7 Å². The smallest absolute Gasteiger partial charge is 0.331 e. The van der Waals surface area contributed by atoms with Crippen molar-refractivity contribution >= 4 is 17.7 Å². The Kier molecular flexibility index (Phi) is 4.20. The highest BCUT2D eigenvalue weighted by Crippen LogP contribution is 2.30. The highest BCUT2D eigenvalue weighted by Gasteiger charge is 2.44. The first kappa shape index (κ1) is 16.0. The minimum Gasteiger partial charge on any atom is -0.479 e. The van der Waals surface area contributed by atoms with Crippen molar-refractivity contribution < 1.29 is 14.7 Å². The molecule has 0 atom stereocenters. The molecular formula is C16H19N5O3. The number of carboxylic acids is 1. The number of carboxylic acid groups (broad SMARTS) is 1. The van der Waals surface area contributed by atoms with Crippen LogP contribution in [0.4, 0.5) is 5.82 Å². The maximum Gasteiger partial charge on any atom is 0.331 e. The van der Waals surface area contributed by atoms with Crippen LogP contribution in [0.15, 0.2) is 36.8 Å². The molecule has 2 N–H and O–H groups in total. The number of aliphatic carboxylic acids is 1. The highest BCUT2D eigenvalue weighted by atomic mass is 16.4. The van der Waals surface area contributed by atoms with Crippen LogP contribution in [0.5, 0.6) is 0 Å². The van der Waals surface area contributed by atoms with Crippen LogP contribution in [0.2, 0.25) is 0 Å². The topological polar surface area (TPSA) is 100 Å². The van der Waals surface area contributed by atoms with E-state index < -0.39 is 11.5 Å². The molecule has 3 rings (SSSR count). The molecule has 0 saturated carbocycles. The molecule has 126 valence electrons. The van der Waals surface area contributed by atoms with Crippen molar-refractivity contribution in [3.05, 3.63) is 42.4 Å². The third-order valence-corrected chi connectivity index (χ3v) is 4.48. The second-order valence-corrected chi connectivity index (χ2v) is 5.76.